The molecule has 1 aliphatic heterocycles. The normalized spacial score (nSPS) is 15.6. The summed E-state index contributed by atoms with van der Waals surface area (Å²) in [4.78, 5) is 17.1. The predicted molar refractivity (Wildman–Crippen MR) is 107 cm³/mol. The Bertz CT molecular complexity index is 947. The van der Waals surface area contributed by atoms with E-state index < -0.39 is 12.1 Å². The molecule has 0 radical (unpaired) electrons. The monoisotopic (exact) mass is 459 g/mol. The summed E-state index contributed by atoms with van der Waals surface area (Å²) in [5.41, 5.74) is 2.15. The molecule has 1 saturated heterocycles. The van der Waals surface area contributed by atoms with Crippen molar-refractivity contribution in [2.24, 2.45) is 0 Å². The third-order valence-corrected chi connectivity index (χ3v) is 6.13. The van der Waals surface area contributed by atoms with Gasteiger partial charge in [0.25, 0.3) is 0 Å². The zero-order chi connectivity index (χ0) is 21.7. The molecule has 0 aliphatic carbocycles. The second kappa shape index (κ2) is 9.67. The second-order valence-corrected chi connectivity index (χ2v) is 8.85. The van der Waals surface area contributed by atoms with Gasteiger partial charge in [-0.05, 0) is 31.2 Å². The summed E-state index contributed by atoms with van der Waals surface area (Å²) in [6, 6.07) is 2.56. The van der Waals surface area contributed by atoms with Crippen LogP contribution in [0.15, 0.2) is 29.2 Å². The van der Waals surface area contributed by atoms with E-state index in [9.17, 15) is 13.2 Å². The lowest BCUT2D eigenvalue weighted by atomic mass is 10.1. The number of alkyl halides is 3. The molecule has 0 spiro atoms. The zero-order valence-electron chi connectivity index (χ0n) is 16.0. The van der Waals surface area contributed by atoms with Gasteiger partial charge in [0.1, 0.15) is 5.69 Å². The molecular weight excluding hydrogens is 439 g/mol. The first-order valence-corrected chi connectivity index (χ1v) is 10.9. The number of rotatable bonds is 4. The number of likely N-dealkylation sites (tertiary alicyclic amines) is 1. The number of halogens is 3. The topological polar surface area (TPSA) is 84.1 Å². The van der Waals surface area contributed by atoms with Crippen LogP contribution in [0.25, 0.3) is 11.3 Å². The molecule has 0 amide bonds. The Labute approximate surface area is 178 Å². The molecule has 3 aromatic rings. The van der Waals surface area contributed by atoms with Gasteiger partial charge in [0.2, 0.25) is 0 Å². The number of carboxylic acid groups (broad SMARTS) is 1. The van der Waals surface area contributed by atoms with E-state index in [0.29, 0.717) is 6.04 Å². The minimum Gasteiger partial charge on any atom is -0.475 e. The highest BCUT2D eigenvalue weighted by Crippen LogP contribution is 2.26. The van der Waals surface area contributed by atoms with E-state index in [1.807, 2.05) is 6.20 Å². The Balaban J connectivity index is 0.000000318. The largest absolute Gasteiger partial charge is 0.490 e. The van der Waals surface area contributed by atoms with Crippen LogP contribution in [0.1, 0.15) is 28.8 Å². The lowest BCUT2D eigenvalue weighted by Gasteiger charge is -2.31. The molecule has 12 heteroatoms. The maximum absolute atomic E-state index is 10.6. The SMILES string of the molecule is Cc1ncc(CN2CCC(n3cc(-c4ccsc4)nn3)CC2)s1.O=C(O)C(F)(F)F. The molecule has 162 valence electrons. The average Bonchev–Trinajstić information content (AvgIpc) is 3.43. The first kappa shape index (κ1) is 22.4. The molecule has 1 fully saturated rings. The van der Waals surface area contributed by atoms with Crippen LogP contribution >= 0.6 is 22.7 Å². The molecule has 1 aliphatic rings. The van der Waals surface area contributed by atoms with Crippen molar-refractivity contribution in [1.82, 2.24) is 24.9 Å². The third-order valence-electron chi connectivity index (χ3n) is 4.55. The van der Waals surface area contributed by atoms with Gasteiger partial charge in [-0.1, -0.05) is 5.21 Å². The van der Waals surface area contributed by atoms with Crippen LogP contribution in [-0.2, 0) is 11.3 Å². The fourth-order valence-corrected chi connectivity index (χ4v) is 4.53. The highest BCUT2D eigenvalue weighted by Gasteiger charge is 2.38. The van der Waals surface area contributed by atoms with E-state index in [1.54, 1.807) is 22.7 Å². The highest BCUT2D eigenvalue weighted by molar-refractivity contribution is 7.11. The molecule has 30 heavy (non-hydrogen) atoms. The molecule has 0 saturated carbocycles. The van der Waals surface area contributed by atoms with Gasteiger partial charge >= 0.3 is 12.1 Å². The van der Waals surface area contributed by atoms with Gasteiger partial charge in [-0.15, -0.1) is 16.4 Å². The van der Waals surface area contributed by atoms with Crippen molar-refractivity contribution in [2.75, 3.05) is 13.1 Å². The number of piperidine rings is 1. The lowest BCUT2D eigenvalue weighted by molar-refractivity contribution is -0.192. The number of nitrogens with zero attached hydrogens (tertiary/aromatic N) is 5. The summed E-state index contributed by atoms with van der Waals surface area (Å²) in [5, 5.41) is 21.1. The van der Waals surface area contributed by atoms with Crippen LogP contribution in [0, 0.1) is 6.92 Å². The fraction of sp³-hybridized carbons (Fsp3) is 0.444. The van der Waals surface area contributed by atoms with E-state index in [1.165, 1.54) is 10.4 Å². The number of carbonyl (C=O) groups is 1. The number of aryl methyl sites for hydroxylation is 1. The Kier molecular flexibility index (Phi) is 7.21. The molecule has 0 bridgehead atoms. The van der Waals surface area contributed by atoms with Gasteiger partial charge in [0.05, 0.1) is 17.2 Å². The number of aromatic nitrogens is 4. The molecule has 7 nitrogen and oxygen atoms in total. The fourth-order valence-electron chi connectivity index (χ4n) is 3.04. The van der Waals surface area contributed by atoms with Crippen LogP contribution in [-0.4, -0.2) is 55.2 Å². The van der Waals surface area contributed by atoms with E-state index >= 15 is 0 Å². The molecule has 4 rings (SSSR count). The van der Waals surface area contributed by atoms with Crippen LogP contribution in [0.3, 0.4) is 0 Å². The van der Waals surface area contributed by atoms with Gasteiger partial charge in [0, 0.05) is 41.7 Å². The van der Waals surface area contributed by atoms with E-state index in [-0.39, 0.29) is 0 Å². The van der Waals surface area contributed by atoms with Gasteiger partial charge < -0.3 is 5.11 Å². The summed E-state index contributed by atoms with van der Waals surface area (Å²) in [6.07, 6.45) is 1.28. The van der Waals surface area contributed by atoms with Gasteiger partial charge in [-0.25, -0.2) is 14.5 Å². The molecule has 0 aromatic carbocycles. The van der Waals surface area contributed by atoms with Crippen LogP contribution in [0.5, 0.6) is 0 Å². The molecule has 1 N–H and O–H groups in total. The Hall–Kier alpha value is -2.31. The number of hydrogen-bond donors (Lipinski definition) is 1. The van der Waals surface area contributed by atoms with Gasteiger partial charge in [0.15, 0.2) is 0 Å². The first-order valence-electron chi connectivity index (χ1n) is 9.10. The van der Waals surface area contributed by atoms with E-state index in [0.717, 1.165) is 43.2 Å². The van der Waals surface area contributed by atoms with Gasteiger partial charge in [-0.2, -0.15) is 24.5 Å². The summed E-state index contributed by atoms with van der Waals surface area (Å²) in [6.45, 7) is 5.30. The third kappa shape index (κ3) is 6.09. The number of aliphatic carboxylic acids is 1. The molecule has 0 atom stereocenters. The molecule has 0 unspecified atom stereocenters. The van der Waals surface area contributed by atoms with Crippen molar-refractivity contribution in [1.29, 1.82) is 0 Å². The summed E-state index contributed by atoms with van der Waals surface area (Å²) in [5.74, 6) is -2.76. The molecule has 4 heterocycles. The Morgan fingerprint density at radius 2 is 2.03 bits per heavy atom. The standard InChI is InChI=1S/C16H19N5S2.C2HF3O2/c1-12-17-8-15(23-12)9-20-5-2-14(3-6-20)21-10-16(18-19-21)13-4-7-22-11-13;3-2(4,5)1(6)7/h4,7-8,10-11,14H,2-3,5-6,9H2,1H3;(H,6,7). The second-order valence-electron chi connectivity index (χ2n) is 6.75. The smallest absolute Gasteiger partial charge is 0.475 e. The number of thiophene rings is 1. The quantitative estimate of drug-likeness (QED) is 0.628. The summed E-state index contributed by atoms with van der Waals surface area (Å²) in [7, 11) is 0. The van der Waals surface area contributed by atoms with Crippen molar-refractivity contribution < 1.29 is 23.1 Å². The van der Waals surface area contributed by atoms with E-state index in [2.05, 4.69) is 54.8 Å². The average molecular weight is 460 g/mol. The Morgan fingerprint density at radius 1 is 1.33 bits per heavy atom. The minimum absolute atomic E-state index is 0.467. The van der Waals surface area contributed by atoms with Crippen molar-refractivity contribution in [3.63, 3.8) is 0 Å². The number of hydrogen-bond acceptors (Lipinski definition) is 7. The van der Waals surface area contributed by atoms with Gasteiger partial charge in [-0.3, -0.25) is 4.90 Å². The summed E-state index contributed by atoms with van der Waals surface area (Å²) < 4.78 is 33.8. The van der Waals surface area contributed by atoms with Crippen molar-refractivity contribution >= 4 is 28.6 Å². The predicted octanol–water partition coefficient (Wildman–Crippen LogP) is 4.24. The summed E-state index contributed by atoms with van der Waals surface area (Å²) >= 11 is 3.50. The Morgan fingerprint density at radius 3 is 2.57 bits per heavy atom. The first-order chi connectivity index (χ1) is 14.2. The maximum atomic E-state index is 10.6. The van der Waals surface area contributed by atoms with Crippen LogP contribution in [0.2, 0.25) is 0 Å². The number of carboxylic acids is 1. The lowest BCUT2D eigenvalue weighted by Crippen LogP contribution is -2.34. The van der Waals surface area contributed by atoms with Crippen molar-refractivity contribution in [2.45, 2.75) is 38.5 Å². The molecular formula is C18H20F3N5O2S2. The zero-order valence-corrected chi connectivity index (χ0v) is 17.7. The highest BCUT2D eigenvalue weighted by atomic mass is 32.1. The maximum Gasteiger partial charge on any atom is 0.490 e. The van der Waals surface area contributed by atoms with Crippen molar-refractivity contribution in [3.05, 3.63) is 39.1 Å². The van der Waals surface area contributed by atoms with E-state index in [4.69, 9.17) is 9.90 Å². The van der Waals surface area contributed by atoms with Crippen LogP contribution < -0.4 is 0 Å². The number of thiazole rings is 1. The van der Waals surface area contributed by atoms with Crippen molar-refractivity contribution in [3.8, 4) is 11.3 Å². The molecule has 3 aromatic heterocycles. The van der Waals surface area contributed by atoms with Crippen LogP contribution in [0.4, 0.5) is 13.2 Å². The minimum atomic E-state index is -5.08.